The van der Waals surface area contributed by atoms with E-state index in [-0.39, 0.29) is 31.5 Å². The first-order chi connectivity index (χ1) is 18.6. The molecular weight excluding hydrogens is 508 g/mol. The largest absolute Gasteiger partial charge is 0.458 e. The number of aliphatic hydroxyl groups is 1. The predicted molar refractivity (Wildman–Crippen MR) is 130 cm³/mol. The van der Waals surface area contributed by atoms with Crippen LogP contribution in [0.3, 0.4) is 0 Å². The fraction of sp³-hybridized carbons (Fsp3) is 0.759. The number of hydrogen-bond donors (Lipinski definition) is 1. The monoisotopic (exact) mass is 542 g/mol. The van der Waals surface area contributed by atoms with E-state index >= 15 is 0 Å². The smallest absolute Gasteiger partial charge is 0.331 e. The Balaban J connectivity index is 1.16. The zero-order valence-electron chi connectivity index (χ0n) is 22.2. The van der Waals surface area contributed by atoms with E-state index in [0.29, 0.717) is 50.7 Å². The second kappa shape index (κ2) is 7.86. The van der Waals surface area contributed by atoms with Gasteiger partial charge in [0.15, 0.2) is 6.79 Å². The summed E-state index contributed by atoms with van der Waals surface area (Å²) in [4.78, 5) is 40.1. The lowest BCUT2D eigenvalue weighted by Crippen LogP contribution is -2.70. The number of ether oxygens (including phenoxy) is 6. The number of Topliss-reactive ketones (excluding diaryl/α,β-unsaturated/α-hetero) is 2. The van der Waals surface area contributed by atoms with E-state index in [9.17, 15) is 19.5 Å². The molecule has 3 saturated heterocycles. The van der Waals surface area contributed by atoms with Crippen molar-refractivity contribution in [2.75, 3.05) is 20.0 Å². The average molecular weight is 543 g/mol. The fourth-order valence-corrected chi connectivity index (χ4v) is 9.68. The highest BCUT2D eigenvalue weighted by Gasteiger charge is 2.74. The molecule has 8 aliphatic rings. The van der Waals surface area contributed by atoms with E-state index in [2.05, 4.69) is 6.08 Å². The lowest BCUT2D eigenvalue weighted by molar-refractivity contribution is -0.421. The number of fused-ring (bicyclic) bond motifs is 6. The number of ketones is 2. The number of esters is 1. The maximum atomic E-state index is 14.2. The molecule has 0 aromatic rings. The van der Waals surface area contributed by atoms with Crippen LogP contribution in [0.15, 0.2) is 23.3 Å². The van der Waals surface area contributed by atoms with Crippen LogP contribution >= 0.6 is 0 Å². The van der Waals surface area contributed by atoms with Gasteiger partial charge < -0.3 is 33.5 Å². The van der Waals surface area contributed by atoms with Crippen molar-refractivity contribution in [1.82, 2.24) is 0 Å². The van der Waals surface area contributed by atoms with E-state index in [1.165, 1.54) is 6.08 Å². The highest BCUT2D eigenvalue weighted by Crippen LogP contribution is 2.68. The molecule has 4 aliphatic carbocycles. The molecule has 0 bridgehead atoms. The molecule has 10 heteroatoms. The molecule has 1 N–H and O–H groups in total. The molecule has 0 radical (unpaired) electrons. The Bertz CT molecular complexity index is 1240. The van der Waals surface area contributed by atoms with Gasteiger partial charge >= 0.3 is 5.97 Å². The average Bonchev–Trinajstić information content (AvgIpc) is 3.60. The van der Waals surface area contributed by atoms with Crippen molar-refractivity contribution < 1.29 is 47.9 Å². The summed E-state index contributed by atoms with van der Waals surface area (Å²) in [7, 11) is 0. The molecular formula is C29H34O10. The third kappa shape index (κ3) is 2.90. The Hall–Kier alpha value is -1.95. The van der Waals surface area contributed by atoms with Gasteiger partial charge in [-0.1, -0.05) is 18.6 Å². The molecule has 11 atom stereocenters. The normalized spacial score (nSPS) is 53.9. The molecule has 39 heavy (non-hydrogen) atoms. The third-order valence-electron chi connectivity index (χ3n) is 11.6. The van der Waals surface area contributed by atoms with Crippen LogP contribution < -0.4 is 0 Å². The highest BCUT2D eigenvalue weighted by atomic mass is 16.9. The minimum atomic E-state index is -1.36. The fourth-order valence-electron chi connectivity index (χ4n) is 9.68. The van der Waals surface area contributed by atoms with Crippen molar-refractivity contribution >= 4 is 17.5 Å². The Labute approximate surface area is 225 Å². The Morgan fingerprint density at radius 2 is 1.92 bits per heavy atom. The summed E-state index contributed by atoms with van der Waals surface area (Å²) >= 11 is 0. The van der Waals surface area contributed by atoms with Gasteiger partial charge in [-0.25, -0.2) is 4.79 Å². The number of rotatable bonds is 1. The molecule has 4 heterocycles. The van der Waals surface area contributed by atoms with Crippen molar-refractivity contribution in [3.05, 3.63) is 23.3 Å². The van der Waals surface area contributed by atoms with Crippen LogP contribution in [-0.2, 0) is 42.8 Å². The zero-order chi connectivity index (χ0) is 26.9. The first-order valence-electron chi connectivity index (χ1n) is 14.2. The van der Waals surface area contributed by atoms with Gasteiger partial charge in [0.1, 0.15) is 18.8 Å². The second-order valence-electron chi connectivity index (χ2n) is 13.1. The molecule has 6 fully saturated rings. The number of carbonyl (C=O) groups excluding carboxylic acids is 3. The van der Waals surface area contributed by atoms with Crippen molar-refractivity contribution in [3.8, 4) is 0 Å². The van der Waals surface area contributed by atoms with Gasteiger partial charge in [0.25, 0.3) is 0 Å². The van der Waals surface area contributed by atoms with Crippen molar-refractivity contribution in [2.24, 2.45) is 28.6 Å². The summed E-state index contributed by atoms with van der Waals surface area (Å²) < 4.78 is 35.8. The molecule has 3 saturated carbocycles. The summed E-state index contributed by atoms with van der Waals surface area (Å²) in [5, 5.41) is 12.4. The van der Waals surface area contributed by atoms with Crippen LogP contribution in [-0.4, -0.2) is 78.6 Å². The number of hydrogen-bond acceptors (Lipinski definition) is 10. The first kappa shape index (κ1) is 24.8. The summed E-state index contributed by atoms with van der Waals surface area (Å²) in [5.74, 6) is -4.01. The standard InChI is InChI=1S/C29H34O10/c1-26-11-19-18(38-25-29(39-19)20(6-8-34-25)36-13-37-29)10-15(26)3-4-17-22(26)23(31)24(32)27(2)16(5-7-28(17,27)33)14-9-21(30)35-12-14/h9-10,16-20,22,25,33H,3-8,11-13H2,1-2H3. The molecule has 10 nitrogen and oxygen atoms in total. The number of allylic oxidation sites excluding steroid dienone is 1. The minimum absolute atomic E-state index is 0.0984. The van der Waals surface area contributed by atoms with Crippen molar-refractivity contribution in [3.63, 3.8) is 0 Å². The SMILES string of the molecule is CC12CC3OC45OCOC4CCOC5OC3C=C1CCC1C2C(=O)C(=O)C2(C)C(C3=CC(=O)OC3)CCC12O. The topological polar surface area (TPSA) is 127 Å². The van der Waals surface area contributed by atoms with Crippen LogP contribution in [0, 0.1) is 28.6 Å². The van der Waals surface area contributed by atoms with Crippen LogP contribution in [0.25, 0.3) is 0 Å². The molecule has 210 valence electrons. The quantitative estimate of drug-likeness (QED) is 0.297. The maximum absolute atomic E-state index is 14.2. The van der Waals surface area contributed by atoms with Gasteiger partial charge in [-0.2, -0.15) is 0 Å². The van der Waals surface area contributed by atoms with Gasteiger partial charge in [0, 0.05) is 23.8 Å². The van der Waals surface area contributed by atoms with E-state index < -0.39 is 64.0 Å². The predicted octanol–water partition coefficient (Wildman–Crippen LogP) is 1.73. The van der Waals surface area contributed by atoms with Gasteiger partial charge in [-0.05, 0) is 56.4 Å². The Morgan fingerprint density at radius 3 is 2.72 bits per heavy atom. The van der Waals surface area contributed by atoms with Crippen LogP contribution in [0.2, 0.25) is 0 Å². The van der Waals surface area contributed by atoms with Gasteiger partial charge in [0.05, 0.1) is 23.7 Å². The van der Waals surface area contributed by atoms with Crippen molar-refractivity contribution in [1.29, 1.82) is 0 Å². The maximum Gasteiger partial charge on any atom is 0.331 e. The van der Waals surface area contributed by atoms with E-state index in [1.807, 2.05) is 6.92 Å². The summed E-state index contributed by atoms with van der Waals surface area (Å²) in [6, 6.07) is 0. The highest BCUT2D eigenvalue weighted by molar-refractivity contribution is 6.41. The lowest BCUT2D eigenvalue weighted by atomic mass is 9.44. The van der Waals surface area contributed by atoms with Crippen LogP contribution in [0.4, 0.5) is 0 Å². The number of carbonyl (C=O) groups is 3. The molecule has 0 aromatic carbocycles. The second-order valence-corrected chi connectivity index (χ2v) is 13.1. The van der Waals surface area contributed by atoms with E-state index in [1.54, 1.807) is 6.92 Å². The van der Waals surface area contributed by atoms with Crippen molar-refractivity contribution in [2.45, 2.75) is 88.4 Å². The minimum Gasteiger partial charge on any atom is -0.458 e. The zero-order valence-corrected chi connectivity index (χ0v) is 22.2. The lowest BCUT2D eigenvalue weighted by Gasteiger charge is -2.61. The van der Waals surface area contributed by atoms with E-state index in [0.717, 1.165) is 5.57 Å². The van der Waals surface area contributed by atoms with Crippen LogP contribution in [0.5, 0.6) is 0 Å². The van der Waals surface area contributed by atoms with E-state index in [4.69, 9.17) is 28.4 Å². The molecule has 8 rings (SSSR count). The molecule has 4 aliphatic heterocycles. The molecule has 11 unspecified atom stereocenters. The third-order valence-corrected chi connectivity index (χ3v) is 11.6. The van der Waals surface area contributed by atoms with Gasteiger partial charge in [-0.3, -0.25) is 9.59 Å². The summed E-state index contributed by atoms with van der Waals surface area (Å²) in [6.07, 6.45) is 5.00. The molecule has 1 spiro atoms. The summed E-state index contributed by atoms with van der Waals surface area (Å²) in [6.45, 7) is 4.46. The molecule has 0 aromatic heterocycles. The van der Waals surface area contributed by atoms with Gasteiger partial charge in [0.2, 0.25) is 23.6 Å². The number of cyclic esters (lactones) is 1. The summed E-state index contributed by atoms with van der Waals surface area (Å²) in [5.41, 5.74) is -1.57. The first-order valence-corrected chi connectivity index (χ1v) is 14.2. The van der Waals surface area contributed by atoms with Gasteiger partial charge in [-0.15, -0.1) is 0 Å². The Morgan fingerprint density at radius 1 is 1.08 bits per heavy atom. The molecule has 0 amide bonds. The van der Waals surface area contributed by atoms with Crippen LogP contribution in [0.1, 0.15) is 52.4 Å². The Kier molecular flexibility index (Phi) is 5.00.